The molecule has 1 fully saturated rings. The first-order valence-corrected chi connectivity index (χ1v) is 7.55. The van der Waals surface area contributed by atoms with Crippen molar-refractivity contribution in [2.24, 2.45) is 0 Å². The quantitative estimate of drug-likeness (QED) is 0.758. The van der Waals surface area contributed by atoms with E-state index in [0.29, 0.717) is 12.1 Å². The minimum Gasteiger partial charge on any atom is -0.377 e. The second-order valence-corrected chi connectivity index (χ2v) is 6.05. The molecule has 3 heteroatoms. The predicted octanol–water partition coefficient (Wildman–Crippen LogP) is 2.65. The molecule has 1 N–H and O–H groups in total. The molecule has 0 aliphatic heterocycles. The van der Waals surface area contributed by atoms with Crippen LogP contribution in [-0.2, 0) is 4.74 Å². The number of nitrogens with one attached hydrogen (secondary N) is 1. The summed E-state index contributed by atoms with van der Waals surface area (Å²) in [5.74, 6) is 0. The number of hydrogen-bond donors (Lipinski definition) is 1. The predicted molar refractivity (Wildman–Crippen MR) is 78.1 cm³/mol. The molecule has 108 valence electrons. The highest BCUT2D eigenvalue weighted by Gasteiger charge is 2.41. The van der Waals surface area contributed by atoms with Crippen LogP contribution in [0.3, 0.4) is 0 Å². The lowest BCUT2D eigenvalue weighted by Gasteiger charge is -2.48. The Bertz CT molecular complexity index is 223. The van der Waals surface area contributed by atoms with Crippen LogP contribution in [0, 0.1) is 0 Å². The van der Waals surface area contributed by atoms with E-state index in [1.165, 1.54) is 32.1 Å². The molecule has 18 heavy (non-hydrogen) atoms. The summed E-state index contributed by atoms with van der Waals surface area (Å²) < 4.78 is 5.90. The second-order valence-electron chi connectivity index (χ2n) is 6.05. The van der Waals surface area contributed by atoms with E-state index in [9.17, 15) is 0 Å². The van der Waals surface area contributed by atoms with Gasteiger partial charge in [-0.3, -0.25) is 0 Å². The molecule has 0 aromatic carbocycles. The summed E-state index contributed by atoms with van der Waals surface area (Å²) in [4.78, 5) is 2.43. The minimum atomic E-state index is 0.281. The zero-order valence-corrected chi connectivity index (χ0v) is 13.0. The van der Waals surface area contributed by atoms with Crippen LogP contribution in [0.25, 0.3) is 0 Å². The Labute approximate surface area is 113 Å². The maximum absolute atomic E-state index is 5.90. The highest BCUT2D eigenvalue weighted by Crippen LogP contribution is 2.35. The highest BCUT2D eigenvalue weighted by molar-refractivity contribution is 5.00. The number of hydrogen-bond acceptors (Lipinski definition) is 3. The number of nitrogens with zero attached hydrogens (tertiary/aromatic N) is 1. The Morgan fingerprint density at radius 2 is 1.78 bits per heavy atom. The van der Waals surface area contributed by atoms with Gasteiger partial charge >= 0.3 is 0 Å². The normalized spacial score (nSPS) is 21.5. The lowest BCUT2D eigenvalue weighted by atomic mass is 9.75. The maximum Gasteiger partial charge on any atom is 0.0641 e. The van der Waals surface area contributed by atoms with E-state index in [0.717, 1.165) is 13.2 Å². The Morgan fingerprint density at radius 1 is 1.17 bits per heavy atom. The highest BCUT2D eigenvalue weighted by atomic mass is 16.5. The Morgan fingerprint density at radius 3 is 2.22 bits per heavy atom. The Hall–Kier alpha value is -0.120. The van der Waals surface area contributed by atoms with Crippen LogP contribution in [0.1, 0.15) is 52.9 Å². The molecule has 1 rings (SSSR count). The molecule has 1 aliphatic carbocycles. The molecule has 0 radical (unpaired) electrons. The number of likely N-dealkylation sites (N-methyl/N-ethyl adjacent to an activating group) is 2. The molecule has 0 amide bonds. The van der Waals surface area contributed by atoms with Gasteiger partial charge in [-0.2, -0.15) is 0 Å². The average Bonchev–Trinajstić information content (AvgIpc) is 2.34. The van der Waals surface area contributed by atoms with E-state index in [1.807, 2.05) is 0 Å². The fraction of sp³-hybridized carbons (Fsp3) is 1.00. The monoisotopic (exact) mass is 256 g/mol. The molecule has 0 heterocycles. The molecule has 1 aliphatic rings. The molecule has 0 spiro atoms. The molecule has 0 saturated heterocycles. The van der Waals surface area contributed by atoms with Gasteiger partial charge in [0.05, 0.1) is 12.7 Å². The van der Waals surface area contributed by atoms with Gasteiger partial charge in [0.1, 0.15) is 0 Å². The van der Waals surface area contributed by atoms with Gasteiger partial charge in [0, 0.05) is 11.6 Å². The summed E-state index contributed by atoms with van der Waals surface area (Å²) in [5.41, 5.74) is 0.281. The van der Waals surface area contributed by atoms with Gasteiger partial charge in [0.15, 0.2) is 0 Å². The van der Waals surface area contributed by atoms with E-state index in [-0.39, 0.29) is 5.54 Å². The van der Waals surface area contributed by atoms with Gasteiger partial charge in [0.2, 0.25) is 0 Å². The smallest absolute Gasteiger partial charge is 0.0641 e. The Balaban J connectivity index is 2.76. The maximum atomic E-state index is 5.90. The van der Waals surface area contributed by atoms with Crippen LogP contribution in [-0.4, -0.2) is 49.8 Å². The first-order valence-electron chi connectivity index (χ1n) is 7.55. The molecule has 0 bridgehead atoms. The van der Waals surface area contributed by atoms with Crippen LogP contribution in [0.2, 0.25) is 0 Å². The SMILES string of the molecule is CCNC(COC(C)C)C1(N(C)C)CCCCC1. The van der Waals surface area contributed by atoms with Gasteiger partial charge in [-0.1, -0.05) is 26.2 Å². The summed E-state index contributed by atoms with van der Waals surface area (Å²) >= 11 is 0. The zero-order valence-electron chi connectivity index (χ0n) is 13.0. The first kappa shape index (κ1) is 15.9. The summed E-state index contributed by atoms with van der Waals surface area (Å²) in [6.45, 7) is 8.26. The van der Waals surface area contributed by atoms with E-state index < -0.39 is 0 Å². The van der Waals surface area contributed by atoms with Crippen LogP contribution >= 0.6 is 0 Å². The molecule has 0 aromatic rings. The third-order valence-electron chi connectivity index (χ3n) is 4.31. The lowest BCUT2D eigenvalue weighted by molar-refractivity contribution is -0.00997. The standard InChI is InChI=1S/C15H32N2O/c1-6-16-14(12-18-13(2)3)15(17(4)5)10-8-7-9-11-15/h13-14,16H,6-12H2,1-5H3. The fourth-order valence-corrected chi connectivity index (χ4v) is 3.21. The van der Waals surface area contributed by atoms with Crippen molar-refractivity contribution in [3.63, 3.8) is 0 Å². The third-order valence-corrected chi connectivity index (χ3v) is 4.31. The Kier molecular flexibility index (Phi) is 6.61. The molecule has 3 nitrogen and oxygen atoms in total. The second kappa shape index (κ2) is 7.46. The van der Waals surface area contributed by atoms with Crippen LogP contribution in [0.5, 0.6) is 0 Å². The number of ether oxygens (including phenoxy) is 1. The van der Waals surface area contributed by atoms with Crippen LogP contribution in [0.15, 0.2) is 0 Å². The van der Waals surface area contributed by atoms with Gasteiger partial charge in [0.25, 0.3) is 0 Å². The lowest BCUT2D eigenvalue weighted by Crippen LogP contribution is -2.61. The topological polar surface area (TPSA) is 24.5 Å². The summed E-state index contributed by atoms with van der Waals surface area (Å²) in [7, 11) is 4.45. The van der Waals surface area contributed by atoms with Gasteiger partial charge in [-0.05, 0) is 47.3 Å². The molecular weight excluding hydrogens is 224 g/mol. The largest absolute Gasteiger partial charge is 0.377 e. The summed E-state index contributed by atoms with van der Waals surface area (Å²) in [5, 5.41) is 3.66. The zero-order chi connectivity index (χ0) is 13.6. The van der Waals surface area contributed by atoms with Crippen LogP contribution in [0.4, 0.5) is 0 Å². The van der Waals surface area contributed by atoms with Crippen molar-refractivity contribution < 1.29 is 4.74 Å². The van der Waals surface area contributed by atoms with Crippen LogP contribution < -0.4 is 5.32 Å². The minimum absolute atomic E-state index is 0.281. The van der Waals surface area contributed by atoms with Crippen molar-refractivity contribution in [1.29, 1.82) is 0 Å². The van der Waals surface area contributed by atoms with E-state index in [1.54, 1.807) is 0 Å². The van der Waals surface area contributed by atoms with Gasteiger partial charge in [-0.15, -0.1) is 0 Å². The van der Waals surface area contributed by atoms with Crippen molar-refractivity contribution in [2.75, 3.05) is 27.2 Å². The first-order chi connectivity index (χ1) is 8.53. The van der Waals surface area contributed by atoms with Crippen molar-refractivity contribution in [2.45, 2.75) is 70.6 Å². The van der Waals surface area contributed by atoms with Crippen molar-refractivity contribution in [3.8, 4) is 0 Å². The van der Waals surface area contributed by atoms with Gasteiger partial charge in [-0.25, -0.2) is 0 Å². The van der Waals surface area contributed by atoms with Gasteiger partial charge < -0.3 is 15.0 Å². The van der Waals surface area contributed by atoms with Crippen molar-refractivity contribution in [1.82, 2.24) is 10.2 Å². The summed E-state index contributed by atoms with van der Waals surface area (Å²) in [6, 6.07) is 0.445. The van der Waals surface area contributed by atoms with E-state index in [4.69, 9.17) is 4.74 Å². The van der Waals surface area contributed by atoms with Crippen molar-refractivity contribution in [3.05, 3.63) is 0 Å². The van der Waals surface area contributed by atoms with E-state index in [2.05, 4.69) is 45.1 Å². The molecule has 1 saturated carbocycles. The molecule has 1 atom stereocenters. The molecular formula is C15H32N2O. The van der Waals surface area contributed by atoms with Crippen molar-refractivity contribution >= 4 is 0 Å². The molecule has 0 aromatic heterocycles. The fourth-order valence-electron chi connectivity index (χ4n) is 3.21. The van der Waals surface area contributed by atoms with E-state index >= 15 is 0 Å². The number of rotatable bonds is 7. The third kappa shape index (κ3) is 3.94. The summed E-state index contributed by atoms with van der Waals surface area (Å²) in [6.07, 6.45) is 6.98. The average molecular weight is 256 g/mol. The molecule has 1 unspecified atom stereocenters.